The van der Waals surface area contributed by atoms with Crippen LogP contribution in [0, 0.1) is 12.7 Å². The summed E-state index contributed by atoms with van der Waals surface area (Å²) in [6.45, 7) is 2.22. The average molecular weight is 401 g/mol. The molecule has 0 aliphatic carbocycles. The Hall–Kier alpha value is -2.77. The van der Waals surface area contributed by atoms with Crippen molar-refractivity contribution in [2.24, 2.45) is 0 Å². The van der Waals surface area contributed by atoms with Gasteiger partial charge in [-0.25, -0.2) is 14.1 Å². The molecule has 0 bridgehead atoms. The average Bonchev–Trinajstić information content (AvgIpc) is 3.29. The summed E-state index contributed by atoms with van der Waals surface area (Å²) in [6, 6.07) is 9.81. The van der Waals surface area contributed by atoms with Crippen molar-refractivity contribution in [3.8, 4) is 5.69 Å². The number of pyridine rings is 1. The van der Waals surface area contributed by atoms with E-state index in [4.69, 9.17) is 11.6 Å². The molecule has 4 rings (SSSR count). The van der Waals surface area contributed by atoms with Crippen LogP contribution in [0.2, 0.25) is 5.02 Å². The number of aryl methyl sites for hydroxylation is 1. The second-order valence-corrected chi connectivity index (χ2v) is 7.33. The third-order valence-corrected chi connectivity index (χ3v) is 5.40. The molecule has 0 atom stereocenters. The molecule has 0 saturated heterocycles. The van der Waals surface area contributed by atoms with Crippen LogP contribution in [0.4, 0.5) is 4.39 Å². The minimum Gasteiger partial charge on any atom is -0.347 e. The third-order valence-electron chi connectivity index (χ3n) is 4.13. The summed E-state index contributed by atoms with van der Waals surface area (Å²) in [5, 5.41) is 10.2. The van der Waals surface area contributed by atoms with E-state index in [0.717, 1.165) is 4.88 Å². The van der Waals surface area contributed by atoms with Gasteiger partial charge in [0.15, 0.2) is 5.65 Å². The second kappa shape index (κ2) is 7.09. The Morgan fingerprint density at radius 1 is 1.30 bits per heavy atom. The Kier molecular flexibility index (Phi) is 4.63. The Bertz CT molecular complexity index is 1120. The molecule has 136 valence electrons. The zero-order valence-electron chi connectivity index (χ0n) is 14.2. The fraction of sp³-hybridized carbons (Fsp3) is 0.105. The van der Waals surface area contributed by atoms with Crippen molar-refractivity contribution in [3.63, 3.8) is 0 Å². The molecule has 1 amide bonds. The van der Waals surface area contributed by atoms with Crippen LogP contribution in [0.15, 0.2) is 48.0 Å². The number of halogens is 2. The second-order valence-electron chi connectivity index (χ2n) is 5.92. The van der Waals surface area contributed by atoms with E-state index in [9.17, 15) is 9.18 Å². The number of hydrogen-bond donors (Lipinski definition) is 1. The van der Waals surface area contributed by atoms with Gasteiger partial charge in [0.2, 0.25) is 0 Å². The zero-order valence-corrected chi connectivity index (χ0v) is 15.8. The van der Waals surface area contributed by atoms with E-state index in [1.54, 1.807) is 35.1 Å². The van der Waals surface area contributed by atoms with Crippen molar-refractivity contribution in [3.05, 3.63) is 74.9 Å². The van der Waals surface area contributed by atoms with Crippen LogP contribution in [-0.2, 0) is 6.54 Å². The summed E-state index contributed by atoms with van der Waals surface area (Å²) >= 11 is 8.08. The minimum atomic E-state index is -0.331. The minimum absolute atomic E-state index is 0.294. The summed E-state index contributed by atoms with van der Waals surface area (Å²) in [6.07, 6.45) is 1.44. The maximum Gasteiger partial charge on any atom is 0.254 e. The number of thiophene rings is 1. The highest BCUT2D eigenvalue weighted by atomic mass is 35.5. The number of nitrogens with one attached hydrogen (secondary N) is 1. The molecule has 8 heteroatoms. The summed E-state index contributed by atoms with van der Waals surface area (Å²) in [7, 11) is 0. The molecular formula is C19H14ClFN4OS. The van der Waals surface area contributed by atoms with Crippen molar-refractivity contribution in [2.75, 3.05) is 0 Å². The topological polar surface area (TPSA) is 59.8 Å². The number of amides is 1. The van der Waals surface area contributed by atoms with Gasteiger partial charge in [-0.3, -0.25) is 4.79 Å². The number of carbonyl (C=O) groups excluding carboxylic acids is 1. The number of nitrogens with zero attached hydrogens (tertiary/aromatic N) is 3. The summed E-state index contributed by atoms with van der Waals surface area (Å²) < 4.78 is 14.8. The van der Waals surface area contributed by atoms with Gasteiger partial charge in [0.25, 0.3) is 5.91 Å². The molecule has 0 fully saturated rings. The van der Waals surface area contributed by atoms with Gasteiger partial charge in [0.05, 0.1) is 33.9 Å². The van der Waals surface area contributed by atoms with Crippen LogP contribution < -0.4 is 5.32 Å². The normalized spacial score (nSPS) is 11.1. The zero-order chi connectivity index (χ0) is 19.0. The monoisotopic (exact) mass is 400 g/mol. The van der Waals surface area contributed by atoms with Crippen molar-refractivity contribution in [1.82, 2.24) is 20.1 Å². The summed E-state index contributed by atoms with van der Waals surface area (Å²) in [5.41, 5.74) is 2.11. The predicted molar refractivity (Wildman–Crippen MR) is 104 cm³/mol. The van der Waals surface area contributed by atoms with Crippen molar-refractivity contribution in [1.29, 1.82) is 0 Å². The van der Waals surface area contributed by atoms with Gasteiger partial charge in [-0.15, -0.1) is 11.3 Å². The first-order chi connectivity index (χ1) is 13.0. The standard InChI is InChI=1S/C19H14ClFN4OS/c1-11-16-17(20)15(19(26)23-9-14-3-2-8-27-14)10-22-18(16)25(24-11)13-6-4-12(21)5-7-13/h2-8,10H,9H2,1H3,(H,23,26). The largest absolute Gasteiger partial charge is 0.347 e. The summed E-state index contributed by atoms with van der Waals surface area (Å²) in [4.78, 5) is 18.0. The number of rotatable bonds is 4. The Morgan fingerprint density at radius 3 is 2.78 bits per heavy atom. The van der Waals surface area contributed by atoms with Crippen LogP contribution in [0.1, 0.15) is 20.9 Å². The molecule has 1 N–H and O–H groups in total. The fourth-order valence-electron chi connectivity index (χ4n) is 2.80. The smallest absolute Gasteiger partial charge is 0.254 e. The lowest BCUT2D eigenvalue weighted by Crippen LogP contribution is -2.23. The van der Waals surface area contributed by atoms with E-state index in [2.05, 4.69) is 15.4 Å². The van der Waals surface area contributed by atoms with Crippen molar-refractivity contribution >= 4 is 39.9 Å². The highest BCUT2D eigenvalue weighted by molar-refractivity contribution is 7.09. The third kappa shape index (κ3) is 3.31. The molecule has 3 aromatic heterocycles. The Labute approximate surface area is 163 Å². The molecule has 0 unspecified atom stereocenters. The van der Waals surface area contributed by atoms with Crippen LogP contribution in [0.25, 0.3) is 16.7 Å². The molecule has 0 aliphatic heterocycles. The molecule has 0 radical (unpaired) electrons. The van der Waals surface area contributed by atoms with E-state index in [0.29, 0.717) is 39.5 Å². The highest BCUT2D eigenvalue weighted by Gasteiger charge is 2.20. The first-order valence-corrected chi connectivity index (χ1v) is 9.40. The number of aromatic nitrogens is 3. The van der Waals surface area contributed by atoms with E-state index >= 15 is 0 Å². The first-order valence-electron chi connectivity index (χ1n) is 8.15. The lowest BCUT2D eigenvalue weighted by molar-refractivity contribution is 0.0951. The Balaban J connectivity index is 1.71. The van der Waals surface area contributed by atoms with Crippen LogP contribution in [-0.4, -0.2) is 20.7 Å². The van der Waals surface area contributed by atoms with Gasteiger partial charge in [-0.2, -0.15) is 5.10 Å². The molecule has 4 aromatic rings. The van der Waals surface area contributed by atoms with Gasteiger partial charge in [0.1, 0.15) is 5.82 Å². The van der Waals surface area contributed by atoms with E-state index in [1.165, 1.54) is 18.3 Å². The number of hydrogen-bond acceptors (Lipinski definition) is 4. The van der Waals surface area contributed by atoms with E-state index < -0.39 is 0 Å². The number of benzene rings is 1. The molecular weight excluding hydrogens is 387 g/mol. The van der Waals surface area contributed by atoms with Gasteiger partial charge < -0.3 is 5.32 Å². The maximum atomic E-state index is 13.2. The van der Waals surface area contributed by atoms with Crippen LogP contribution >= 0.6 is 22.9 Å². The van der Waals surface area contributed by atoms with Crippen molar-refractivity contribution in [2.45, 2.75) is 13.5 Å². The number of fused-ring (bicyclic) bond motifs is 1. The molecule has 3 heterocycles. The van der Waals surface area contributed by atoms with E-state index in [-0.39, 0.29) is 11.7 Å². The van der Waals surface area contributed by atoms with Crippen LogP contribution in [0.5, 0.6) is 0 Å². The lowest BCUT2D eigenvalue weighted by Gasteiger charge is -2.07. The quantitative estimate of drug-likeness (QED) is 0.548. The SMILES string of the molecule is Cc1nn(-c2ccc(F)cc2)c2ncc(C(=O)NCc3cccs3)c(Cl)c12. The molecule has 0 aliphatic rings. The Morgan fingerprint density at radius 2 is 2.07 bits per heavy atom. The number of carbonyl (C=O) groups is 1. The van der Waals surface area contributed by atoms with Gasteiger partial charge in [-0.1, -0.05) is 17.7 Å². The molecule has 5 nitrogen and oxygen atoms in total. The molecule has 27 heavy (non-hydrogen) atoms. The first kappa shape index (κ1) is 17.6. The fourth-order valence-corrected chi connectivity index (χ4v) is 3.81. The van der Waals surface area contributed by atoms with E-state index in [1.807, 2.05) is 17.5 Å². The van der Waals surface area contributed by atoms with Gasteiger partial charge >= 0.3 is 0 Å². The van der Waals surface area contributed by atoms with Gasteiger partial charge in [0, 0.05) is 11.1 Å². The molecule has 1 aromatic carbocycles. The van der Waals surface area contributed by atoms with Gasteiger partial charge in [-0.05, 0) is 42.6 Å². The lowest BCUT2D eigenvalue weighted by atomic mass is 10.2. The molecule has 0 saturated carbocycles. The van der Waals surface area contributed by atoms with Crippen molar-refractivity contribution < 1.29 is 9.18 Å². The molecule has 0 spiro atoms. The highest BCUT2D eigenvalue weighted by Crippen LogP contribution is 2.30. The summed E-state index contributed by atoms with van der Waals surface area (Å²) in [5.74, 6) is -0.626. The predicted octanol–water partition coefficient (Wildman–Crippen LogP) is 4.51. The maximum absolute atomic E-state index is 13.2. The van der Waals surface area contributed by atoms with Crippen LogP contribution in [0.3, 0.4) is 0 Å².